The average molecular weight is 294 g/mol. The average Bonchev–Trinajstić information content (AvgIpc) is 2.51. The topological polar surface area (TPSA) is 61.8 Å². The molecule has 1 aromatic rings. The number of carbonyl (C=O) groups is 2. The van der Waals surface area contributed by atoms with Gasteiger partial charge in [0.2, 0.25) is 0 Å². The minimum atomic E-state index is -0.563. The Bertz CT molecular complexity index is 469. The molecule has 0 heterocycles. The van der Waals surface area contributed by atoms with Gasteiger partial charge in [0.15, 0.2) is 5.78 Å². The monoisotopic (exact) mass is 294 g/mol. The first-order valence-corrected chi connectivity index (χ1v) is 6.99. The zero-order valence-electron chi connectivity index (χ0n) is 12.8. The molecule has 0 aliphatic rings. The van der Waals surface area contributed by atoms with E-state index in [2.05, 4.69) is 0 Å². The summed E-state index contributed by atoms with van der Waals surface area (Å²) < 4.78 is 15.2. The molecule has 0 amide bonds. The zero-order valence-corrected chi connectivity index (χ0v) is 12.8. The molecule has 1 aromatic carbocycles. The van der Waals surface area contributed by atoms with E-state index in [0.29, 0.717) is 37.2 Å². The van der Waals surface area contributed by atoms with Crippen LogP contribution in [0.15, 0.2) is 24.3 Å². The van der Waals surface area contributed by atoms with E-state index in [1.807, 2.05) is 0 Å². The smallest absolute Gasteiger partial charge is 0.305 e. The molecule has 1 unspecified atom stereocenters. The molecule has 0 bridgehead atoms. The van der Waals surface area contributed by atoms with Gasteiger partial charge in [0.05, 0.1) is 13.7 Å². The van der Waals surface area contributed by atoms with Crippen molar-refractivity contribution in [1.82, 2.24) is 0 Å². The lowest BCUT2D eigenvalue weighted by molar-refractivity contribution is -0.143. The van der Waals surface area contributed by atoms with Gasteiger partial charge in [-0.05, 0) is 31.9 Å². The Balaban J connectivity index is 2.58. The lowest BCUT2D eigenvalue weighted by atomic mass is 10.0. The Kier molecular flexibility index (Phi) is 7.46. The quantitative estimate of drug-likeness (QED) is 0.517. The van der Waals surface area contributed by atoms with E-state index >= 15 is 0 Å². The lowest BCUT2D eigenvalue weighted by Crippen LogP contribution is -2.23. The maximum Gasteiger partial charge on any atom is 0.305 e. The normalized spacial score (nSPS) is 11.8. The summed E-state index contributed by atoms with van der Waals surface area (Å²) in [7, 11) is 3.05. The predicted octanol–water partition coefficient (Wildman–Crippen LogP) is 2.63. The van der Waals surface area contributed by atoms with Gasteiger partial charge in [-0.2, -0.15) is 0 Å². The number of carbonyl (C=O) groups excluding carboxylic acids is 2. The summed E-state index contributed by atoms with van der Waals surface area (Å²) in [5.74, 6) is 0.267. The third-order valence-electron chi connectivity index (χ3n) is 3.08. The maximum absolute atomic E-state index is 12.3. The van der Waals surface area contributed by atoms with Gasteiger partial charge in [0.1, 0.15) is 11.9 Å². The second-order valence-corrected chi connectivity index (χ2v) is 4.52. The van der Waals surface area contributed by atoms with E-state index in [0.717, 1.165) is 0 Å². The van der Waals surface area contributed by atoms with Crippen molar-refractivity contribution in [3.05, 3.63) is 29.8 Å². The molecule has 5 nitrogen and oxygen atoms in total. The number of esters is 1. The molecule has 1 atom stereocenters. The van der Waals surface area contributed by atoms with Crippen molar-refractivity contribution in [2.75, 3.05) is 20.8 Å². The van der Waals surface area contributed by atoms with Gasteiger partial charge >= 0.3 is 5.97 Å². The summed E-state index contributed by atoms with van der Waals surface area (Å²) >= 11 is 0. The summed E-state index contributed by atoms with van der Waals surface area (Å²) in [6.45, 7) is 2.14. The molecule has 116 valence electrons. The van der Waals surface area contributed by atoms with E-state index in [-0.39, 0.29) is 11.8 Å². The highest BCUT2D eigenvalue weighted by Gasteiger charge is 2.20. The van der Waals surface area contributed by atoms with E-state index in [1.54, 1.807) is 38.3 Å². The maximum atomic E-state index is 12.3. The van der Waals surface area contributed by atoms with Gasteiger partial charge in [0, 0.05) is 19.1 Å². The summed E-state index contributed by atoms with van der Waals surface area (Å²) in [6, 6.07) is 6.94. The first-order chi connectivity index (χ1) is 10.1. The minimum absolute atomic E-state index is 0.111. The van der Waals surface area contributed by atoms with Crippen LogP contribution >= 0.6 is 0 Å². The van der Waals surface area contributed by atoms with Gasteiger partial charge in [-0.3, -0.25) is 9.59 Å². The first kappa shape index (κ1) is 17.2. The van der Waals surface area contributed by atoms with Crippen LogP contribution in [0.4, 0.5) is 0 Å². The number of ether oxygens (including phenoxy) is 3. The van der Waals surface area contributed by atoms with Crippen molar-refractivity contribution in [3.63, 3.8) is 0 Å². The summed E-state index contributed by atoms with van der Waals surface area (Å²) in [4.78, 5) is 23.6. The highest BCUT2D eigenvalue weighted by atomic mass is 16.5. The molecular formula is C16H22O5. The Morgan fingerprint density at radius 3 is 2.62 bits per heavy atom. The van der Waals surface area contributed by atoms with Crippen LogP contribution in [0, 0.1) is 0 Å². The van der Waals surface area contributed by atoms with Crippen molar-refractivity contribution < 1.29 is 23.8 Å². The van der Waals surface area contributed by atoms with Crippen molar-refractivity contribution in [3.8, 4) is 5.75 Å². The summed E-state index contributed by atoms with van der Waals surface area (Å²) in [6.07, 6.45) is 0.754. The number of benzene rings is 1. The molecule has 0 N–H and O–H groups in total. The largest absolute Gasteiger partial charge is 0.497 e. The van der Waals surface area contributed by atoms with Crippen LogP contribution in [-0.2, 0) is 14.3 Å². The third kappa shape index (κ3) is 5.55. The molecule has 0 aromatic heterocycles. The SMILES string of the molecule is CCOC(=O)CCCC(OC)C(=O)c1cccc(OC)c1. The van der Waals surface area contributed by atoms with Crippen molar-refractivity contribution in [2.24, 2.45) is 0 Å². The second-order valence-electron chi connectivity index (χ2n) is 4.52. The Morgan fingerprint density at radius 2 is 2.00 bits per heavy atom. The van der Waals surface area contributed by atoms with Gasteiger partial charge in [-0.25, -0.2) is 0 Å². The first-order valence-electron chi connectivity index (χ1n) is 6.99. The van der Waals surface area contributed by atoms with Crippen LogP contribution in [0.2, 0.25) is 0 Å². The molecule has 0 aliphatic carbocycles. The third-order valence-corrected chi connectivity index (χ3v) is 3.08. The number of Topliss-reactive ketones (excluding diaryl/α,β-unsaturated/α-hetero) is 1. The molecule has 5 heteroatoms. The minimum Gasteiger partial charge on any atom is -0.497 e. The van der Waals surface area contributed by atoms with Crippen LogP contribution < -0.4 is 4.74 Å². The fraction of sp³-hybridized carbons (Fsp3) is 0.500. The van der Waals surface area contributed by atoms with Crippen LogP contribution in [0.5, 0.6) is 5.75 Å². The summed E-state index contributed by atoms with van der Waals surface area (Å²) in [5, 5.41) is 0. The molecule has 0 spiro atoms. The molecule has 21 heavy (non-hydrogen) atoms. The molecular weight excluding hydrogens is 272 g/mol. The number of hydrogen-bond donors (Lipinski definition) is 0. The molecule has 0 fully saturated rings. The van der Waals surface area contributed by atoms with E-state index < -0.39 is 6.10 Å². The molecule has 0 radical (unpaired) electrons. The van der Waals surface area contributed by atoms with Crippen molar-refractivity contribution >= 4 is 11.8 Å². The standard InChI is InChI=1S/C16H22O5/c1-4-21-15(17)10-6-9-14(20-3)16(18)12-7-5-8-13(11-12)19-2/h5,7-8,11,14H,4,6,9-10H2,1-3H3. The summed E-state index contributed by atoms with van der Waals surface area (Å²) in [5.41, 5.74) is 0.539. The van der Waals surface area contributed by atoms with E-state index in [9.17, 15) is 9.59 Å². The molecule has 1 rings (SSSR count). The molecule has 0 aliphatic heterocycles. The van der Waals surface area contributed by atoms with Crippen LogP contribution in [0.3, 0.4) is 0 Å². The Hall–Kier alpha value is -1.88. The Morgan fingerprint density at radius 1 is 1.24 bits per heavy atom. The molecule has 0 saturated carbocycles. The zero-order chi connectivity index (χ0) is 15.7. The van der Waals surface area contributed by atoms with Crippen molar-refractivity contribution in [2.45, 2.75) is 32.3 Å². The molecule has 0 saturated heterocycles. The van der Waals surface area contributed by atoms with Gasteiger partial charge in [-0.15, -0.1) is 0 Å². The number of hydrogen-bond acceptors (Lipinski definition) is 5. The van der Waals surface area contributed by atoms with Gasteiger partial charge in [0.25, 0.3) is 0 Å². The number of methoxy groups -OCH3 is 2. The van der Waals surface area contributed by atoms with Gasteiger partial charge < -0.3 is 14.2 Å². The fourth-order valence-corrected chi connectivity index (χ4v) is 1.98. The Labute approximate surface area is 125 Å². The predicted molar refractivity (Wildman–Crippen MR) is 78.6 cm³/mol. The van der Waals surface area contributed by atoms with Crippen molar-refractivity contribution in [1.29, 1.82) is 0 Å². The van der Waals surface area contributed by atoms with E-state index in [1.165, 1.54) is 7.11 Å². The van der Waals surface area contributed by atoms with Gasteiger partial charge in [-0.1, -0.05) is 12.1 Å². The number of rotatable bonds is 9. The highest BCUT2D eigenvalue weighted by Crippen LogP contribution is 2.17. The lowest BCUT2D eigenvalue weighted by Gasteiger charge is -2.14. The van der Waals surface area contributed by atoms with Crippen LogP contribution in [0.25, 0.3) is 0 Å². The van der Waals surface area contributed by atoms with Crippen LogP contribution in [-0.4, -0.2) is 38.7 Å². The highest BCUT2D eigenvalue weighted by molar-refractivity contribution is 5.99. The fourth-order valence-electron chi connectivity index (χ4n) is 1.98. The van der Waals surface area contributed by atoms with Crippen LogP contribution in [0.1, 0.15) is 36.5 Å². The second kappa shape index (κ2) is 9.13. The van der Waals surface area contributed by atoms with E-state index in [4.69, 9.17) is 14.2 Å². The number of ketones is 1.